The molecule has 104 valence electrons. The summed E-state index contributed by atoms with van der Waals surface area (Å²) in [5.74, 6) is -1.44. The fourth-order valence-electron chi connectivity index (χ4n) is 1.65. The predicted molar refractivity (Wildman–Crippen MR) is 73.6 cm³/mol. The molecule has 0 saturated heterocycles. The van der Waals surface area contributed by atoms with E-state index in [1.807, 2.05) is 18.2 Å². The fourth-order valence-corrected chi connectivity index (χ4v) is 1.65. The van der Waals surface area contributed by atoms with Gasteiger partial charge in [-0.15, -0.1) is 0 Å². The third-order valence-electron chi connectivity index (χ3n) is 2.91. The van der Waals surface area contributed by atoms with Crippen LogP contribution in [0.3, 0.4) is 0 Å². The summed E-state index contributed by atoms with van der Waals surface area (Å²) in [7, 11) is 0. The summed E-state index contributed by atoms with van der Waals surface area (Å²) < 4.78 is 4.90. The second-order valence-corrected chi connectivity index (χ2v) is 4.46. The van der Waals surface area contributed by atoms with Crippen LogP contribution in [0.2, 0.25) is 0 Å². The molecule has 1 rings (SSSR count). The molecule has 1 atom stereocenters. The number of hydrogen-bond acceptors (Lipinski definition) is 4. The van der Waals surface area contributed by atoms with Crippen molar-refractivity contribution in [2.45, 2.75) is 38.6 Å². The Morgan fingerprint density at radius 1 is 1.21 bits per heavy atom. The summed E-state index contributed by atoms with van der Waals surface area (Å²) in [4.78, 5) is 22.7. The van der Waals surface area contributed by atoms with Gasteiger partial charge in [0.2, 0.25) is 0 Å². The number of carbonyl (C=O) groups excluding carboxylic acids is 2. The Bertz CT molecular complexity index is 403. The third-order valence-corrected chi connectivity index (χ3v) is 2.91. The van der Waals surface area contributed by atoms with Gasteiger partial charge in [0.05, 0.1) is 12.6 Å². The zero-order chi connectivity index (χ0) is 14.1. The van der Waals surface area contributed by atoms with Crippen LogP contribution in [-0.4, -0.2) is 24.4 Å². The van der Waals surface area contributed by atoms with Crippen molar-refractivity contribution < 1.29 is 14.3 Å². The van der Waals surface area contributed by atoms with Crippen LogP contribution in [0.25, 0.3) is 0 Å². The minimum absolute atomic E-state index is 0.272. The second kappa shape index (κ2) is 8.43. The molecule has 0 saturated carbocycles. The molecule has 0 aliphatic heterocycles. The number of nitrogens with two attached hydrogens (primary N) is 1. The van der Waals surface area contributed by atoms with E-state index in [0.717, 1.165) is 19.3 Å². The van der Waals surface area contributed by atoms with Crippen LogP contribution in [0.15, 0.2) is 30.3 Å². The first-order valence-corrected chi connectivity index (χ1v) is 6.65. The van der Waals surface area contributed by atoms with Crippen molar-refractivity contribution in [1.82, 2.24) is 0 Å². The van der Waals surface area contributed by atoms with Crippen LogP contribution >= 0.6 is 0 Å². The van der Waals surface area contributed by atoms with E-state index in [-0.39, 0.29) is 6.61 Å². The molecule has 4 heteroatoms. The average Bonchev–Trinajstić information content (AvgIpc) is 2.46. The van der Waals surface area contributed by atoms with Gasteiger partial charge < -0.3 is 10.5 Å². The van der Waals surface area contributed by atoms with Gasteiger partial charge in [0, 0.05) is 0 Å². The minimum atomic E-state index is -0.811. The molecule has 1 aromatic rings. The standard InChI is InChI=1S/C15H21NO3/c1-2-13(16)14(17)15(18)19-11-7-6-10-12-8-4-3-5-9-12/h3-5,8-9,13H,2,6-7,10-11,16H2,1H3. The Morgan fingerprint density at radius 3 is 2.53 bits per heavy atom. The molecule has 4 nitrogen and oxygen atoms in total. The van der Waals surface area contributed by atoms with E-state index in [9.17, 15) is 9.59 Å². The smallest absolute Gasteiger partial charge is 0.376 e. The minimum Gasteiger partial charge on any atom is -0.460 e. The molecule has 0 radical (unpaired) electrons. The van der Waals surface area contributed by atoms with E-state index in [4.69, 9.17) is 10.5 Å². The number of hydrogen-bond donors (Lipinski definition) is 1. The van der Waals surface area contributed by atoms with Crippen molar-refractivity contribution >= 4 is 11.8 Å². The molecule has 2 N–H and O–H groups in total. The number of rotatable bonds is 8. The monoisotopic (exact) mass is 263 g/mol. The van der Waals surface area contributed by atoms with Gasteiger partial charge in [0.15, 0.2) is 0 Å². The van der Waals surface area contributed by atoms with Crippen molar-refractivity contribution in [1.29, 1.82) is 0 Å². The molecular weight excluding hydrogens is 242 g/mol. The molecule has 0 aromatic heterocycles. The maximum absolute atomic E-state index is 11.4. The van der Waals surface area contributed by atoms with Crippen LogP contribution in [0, 0.1) is 0 Å². The highest BCUT2D eigenvalue weighted by Gasteiger charge is 2.21. The average molecular weight is 263 g/mol. The number of carbonyl (C=O) groups is 2. The van der Waals surface area contributed by atoms with Gasteiger partial charge in [0.1, 0.15) is 0 Å². The van der Waals surface area contributed by atoms with Gasteiger partial charge >= 0.3 is 5.97 Å². The van der Waals surface area contributed by atoms with Gasteiger partial charge in [-0.3, -0.25) is 4.79 Å². The van der Waals surface area contributed by atoms with Crippen LogP contribution in [0.1, 0.15) is 31.7 Å². The fraction of sp³-hybridized carbons (Fsp3) is 0.467. The first-order chi connectivity index (χ1) is 9.15. The van der Waals surface area contributed by atoms with E-state index in [0.29, 0.717) is 6.42 Å². The van der Waals surface area contributed by atoms with Gasteiger partial charge in [-0.05, 0) is 31.2 Å². The zero-order valence-electron chi connectivity index (χ0n) is 11.3. The molecule has 0 amide bonds. The molecule has 0 aliphatic rings. The van der Waals surface area contributed by atoms with E-state index < -0.39 is 17.8 Å². The normalized spacial score (nSPS) is 11.9. The highest BCUT2D eigenvalue weighted by Crippen LogP contribution is 2.04. The third kappa shape index (κ3) is 5.66. The van der Waals surface area contributed by atoms with Gasteiger partial charge in [-0.2, -0.15) is 0 Å². The quantitative estimate of drug-likeness (QED) is 0.441. The molecule has 1 unspecified atom stereocenters. The van der Waals surface area contributed by atoms with E-state index in [1.54, 1.807) is 6.92 Å². The van der Waals surface area contributed by atoms with Crippen molar-refractivity contribution in [2.75, 3.05) is 6.61 Å². The Morgan fingerprint density at radius 2 is 1.89 bits per heavy atom. The summed E-state index contributed by atoms with van der Waals surface area (Å²) >= 11 is 0. The number of unbranched alkanes of at least 4 members (excludes halogenated alkanes) is 1. The molecule has 1 aromatic carbocycles. The second-order valence-electron chi connectivity index (χ2n) is 4.46. The molecule has 19 heavy (non-hydrogen) atoms. The highest BCUT2D eigenvalue weighted by molar-refractivity contribution is 6.35. The maximum atomic E-state index is 11.4. The summed E-state index contributed by atoms with van der Waals surface area (Å²) in [5, 5.41) is 0. The lowest BCUT2D eigenvalue weighted by Gasteiger charge is -2.07. The molecule has 0 aliphatic carbocycles. The Labute approximate surface area is 113 Å². The summed E-state index contributed by atoms with van der Waals surface area (Å²) in [6, 6.07) is 9.37. The molecular formula is C15H21NO3. The van der Waals surface area contributed by atoms with Crippen LogP contribution < -0.4 is 5.73 Å². The Kier molecular flexibility index (Phi) is 6.82. The van der Waals surface area contributed by atoms with E-state index >= 15 is 0 Å². The molecule has 0 spiro atoms. The van der Waals surface area contributed by atoms with Crippen LogP contribution in [0.5, 0.6) is 0 Å². The number of benzene rings is 1. The maximum Gasteiger partial charge on any atom is 0.376 e. The SMILES string of the molecule is CCC(N)C(=O)C(=O)OCCCCc1ccccc1. The Balaban J connectivity index is 2.14. The van der Waals surface area contributed by atoms with E-state index in [2.05, 4.69) is 12.1 Å². The van der Waals surface area contributed by atoms with Crippen molar-refractivity contribution in [3.8, 4) is 0 Å². The van der Waals surface area contributed by atoms with Crippen LogP contribution in [0.4, 0.5) is 0 Å². The van der Waals surface area contributed by atoms with Gasteiger partial charge in [0.25, 0.3) is 5.78 Å². The topological polar surface area (TPSA) is 69.4 Å². The lowest BCUT2D eigenvalue weighted by atomic mass is 10.1. The highest BCUT2D eigenvalue weighted by atomic mass is 16.5. The van der Waals surface area contributed by atoms with Crippen molar-refractivity contribution in [2.24, 2.45) is 5.73 Å². The summed E-state index contributed by atoms with van der Waals surface area (Å²) in [6.07, 6.45) is 3.06. The number of esters is 1. The molecule has 0 fully saturated rings. The number of ether oxygens (including phenoxy) is 1. The number of ketones is 1. The van der Waals surface area contributed by atoms with Crippen molar-refractivity contribution in [3.63, 3.8) is 0 Å². The van der Waals surface area contributed by atoms with E-state index in [1.165, 1.54) is 5.56 Å². The van der Waals surface area contributed by atoms with Gasteiger partial charge in [-0.1, -0.05) is 37.3 Å². The predicted octanol–water partition coefficient (Wildman–Crippen LogP) is 1.86. The lowest BCUT2D eigenvalue weighted by molar-refractivity contribution is -0.154. The van der Waals surface area contributed by atoms with Crippen LogP contribution in [-0.2, 0) is 20.7 Å². The van der Waals surface area contributed by atoms with Gasteiger partial charge in [-0.25, -0.2) is 4.79 Å². The summed E-state index contributed by atoms with van der Waals surface area (Å²) in [6.45, 7) is 2.03. The largest absolute Gasteiger partial charge is 0.460 e. The summed E-state index contributed by atoms with van der Waals surface area (Å²) in [5.41, 5.74) is 6.74. The molecule has 0 heterocycles. The first kappa shape index (κ1) is 15.4. The molecule has 0 bridgehead atoms. The lowest BCUT2D eigenvalue weighted by Crippen LogP contribution is -2.36. The first-order valence-electron chi connectivity index (χ1n) is 6.65. The Hall–Kier alpha value is -1.68. The number of Topliss-reactive ketones (excluding diaryl/α,β-unsaturated/α-hetero) is 1. The van der Waals surface area contributed by atoms with Crippen molar-refractivity contribution in [3.05, 3.63) is 35.9 Å². The number of aryl methyl sites for hydroxylation is 1. The zero-order valence-corrected chi connectivity index (χ0v) is 11.3.